The van der Waals surface area contributed by atoms with Gasteiger partial charge < -0.3 is 35.0 Å². The number of carbonyl (C=O) groups excluding carboxylic acids is 2. The lowest BCUT2D eigenvalue weighted by Gasteiger charge is -2.38. The van der Waals surface area contributed by atoms with Gasteiger partial charge in [-0.2, -0.15) is 0 Å². The highest BCUT2D eigenvalue weighted by Gasteiger charge is 2.33. The Morgan fingerprint density at radius 3 is 2.25 bits per heavy atom. The second kappa shape index (κ2) is 20.0. The summed E-state index contributed by atoms with van der Waals surface area (Å²) in [6.45, 7) is 1.26. The molecule has 1 saturated heterocycles. The van der Waals surface area contributed by atoms with E-state index in [-0.39, 0.29) is 36.9 Å². The quantitative estimate of drug-likeness (QED) is 0.0397. The predicted molar refractivity (Wildman–Crippen MR) is 200 cm³/mol. The van der Waals surface area contributed by atoms with E-state index in [0.29, 0.717) is 44.5 Å². The smallest absolute Gasteiger partial charge is 0.243 e. The van der Waals surface area contributed by atoms with Crippen LogP contribution in [-0.4, -0.2) is 63.5 Å². The van der Waals surface area contributed by atoms with Crippen LogP contribution in [0.1, 0.15) is 91.3 Å². The van der Waals surface area contributed by atoms with Crippen molar-refractivity contribution < 1.29 is 39.6 Å². The number of aliphatic hydroxyl groups is 2. The van der Waals surface area contributed by atoms with Gasteiger partial charge in [0.15, 0.2) is 6.29 Å². The van der Waals surface area contributed by atoms with E-state index in [9.17, 15) is 24.9 Å². The highest BCUT2D eigenvalue weighted by Crippen LogP contribution is 2.39. The van der Waals surface area contributed by atoms with Crippen molar-refractivity contribution in [2.24, 2.45) is 0 Å². The van der Waals surface area contributed by atoms with Gasteiger partial charge in [-0.15, -0.1) is 0 Å². The van der Waals surface area contributed by atoms with Crippen LogP contribution in [0.2, 0.25) is 0 Å². The third kappa shape index (κ3) is 11.9. The number of rotatable bonds is 18. The molecule has 2 amide bonds. The average Bonchev–Trinajstić information content (AvgIpc) is 3.18. The summed E-state index contributed by atoms with van der Waals surface area (Å²) in [5.74, 6) is -0.305. The predicted octanol–water partition coefficient (Wildman–Crippen LogP) is 6.22. The summed E-state index contributed by atoms with van der Waals surface area (Å²) < 4.78 is 13.1. The fourth-order valence-corrected chi connectivity index (χ4v) is 6.63. The normalized spacial score (nSPS) is 17.7. The summed E-state index contributed by atoms with van der Waals surface area (Å²) in [5.41, 5.74) is 7.95. The summed E-state index contributed by atoms with van der Waals surface area (Å²) in [4.78, 5) is 25.7. The highest BCUT2D eigenvalue weighted by molar-refractivity contribution is 5.76. The monoisotopic (exact) mass is 725 g/mol. The van der Waals surface area contributed by atoms with Gasteiger partial charge in [-0.3, -0.25) is 14.8 Å². The molecule has 1 heterocycles. The number of likely N-dealkylation sites (N-methyl/N-ethyl adjacent to an activating group) is 1. The number of phenols is 1. The van der Waals surface area contributed by atoms with Gasteiger partial charge in [0, 0.05) is 44.5 Å². The number of aliphatic hydroxyl groups excluding tert-OH is 2. The van der Waals surface area contributed by atoms with Crippen molar-refractivity contribution in [3.63, 3.8) is 0 Å². The number of aromatic hydroxyl groups is 1. The number of phenolic OH excluding ortho intramolecular Hbond substituents is 1. The number of hydrogen-bond acceptors (Lipinski definition) is 9. The largest absolute Gasteiger partial charge is 0.508 e. The van der Waals surface area contributed by atoms with Crippen molar-refractivity contribution in [2.45, 2.75) is 82.7 Å². The first-order valence-corrected chi connectivity index (χ1v) is 18.3. The molecule has 11 nitrogen and oxygen atoms in total. The van der Waals surface area contributed by atoms with Crippen LogP contribution in [-0.2, 0) is 32.2 Å². The molecular formula is C42H51N3O8. The molecule has 0 aliphatic carbocycles. The number of nitrogens with zero attached hydrogens (tertiary/aromatic N) is 1. The molecule has 0 bridgehead atoms. The maximum Gasteiger partial charge on any atom is 0.243 e. The second-order valence-corrected chi connectivity index (χ2v) is 13.7. The highest BCUT2D eigenvalue weighted by atomic mass is 16.7. The van der Waals surface area contributed by atoms with Crippen molar-refractivity contribution in [1.29, 1.82) is 0 Å². The van der Waals surface area contributed by atoms with Crippen molar-refractivity contribution in [3.05, 3.63) is 125 Å². The fraction of sp³-hybridized carbons (Fsp3) is 0.381. The first kappa shape index (κ1) is 39.6. The summed E-state index contributed by atoms with van der Waals surface area (Å²) in [5, 5.41) is 41.9. The van der Waals surface area contributed by atoms with Gasteiger partial charge in [0.1, 0.15) is 5.75 Å². The lowest BCUT2D eigenvalue weighted by molar-refractivity contribution is -0.252. The molecule has 1 aliphatic heterocycles. The van der Waals surface area contributed by atoms with Gasteiger partial charge >= 0.3 is 0 Å². The molecule has 0 saturated carbocycles. The molecular weight excluding hydrogens is 674 g/mol. The van der Waals surface area contributed by atoms with Crippen LogP contribution in [0.5, 0.6) is 5.75 Å². The minimum absolute atomic E-state index is 0.0236. The van der Waals surface area contributed by atoms with Crippen LogP contribution < -0.4 is 10.8 Å². The molecule has 6 N–H and O–H groups in total. The maximum absolute atomic E-state index is 12.6. The summed E-state index contributed by atoms with van der Waals surface area (Å²) >= 11 is 0. The van der Waals surface area contributed by atoms with Crippen LogP contribution in [0.15, 0.2) is 97.1 Å². The fourth-order valence-electron chi connectivity index (χ4n) is 6.63. The zero-order valence-electron chi connectivity index (χ0n) is 30.2. The molecule has 5 rings (SSSR count). The molecule has 4 unspecified atom stereocenters. The van der Waals surface area contributed by atoms with Crippen LogP contribution in [0.25, 0.3) is 11.1 Å². The Hall–Kier alpha value is -4.62. The number of hydrogen-bond donors (Lipinski definition) is 6. The van der Waals surface area contributed by atoms with E-state index in [1.807, 2.05) is 84.7 Å². The molecule has 1 fully saturated rings. The summed E-state index contributed by atoms with van der Waals surface area (Å²) in [6, 6.07) is 30.5. The van der Waals surface area contributed by atoms with E-state index in [1.165, 1.54) is 0 Å². The lowest BCUT2D eigenvalue weighted by Crippen LogP contribution is -2.39. The topological polar surface area (TPSA) is 161 Å². The minimum atomic E-state index is -0.779. The number of unbranched alkanes of at least 4 members (excludes halogenated alkanes) is 3. The average molecular weight is 726 g/mol. The third-order valence-electron chi connectivity index (χ3n) is 9.54. The Morgan fingerprint density at radius 1 is 0.849 bits per heavy atom. The summed E-state index contributed by atoms with van der Waals surface area (Å²) in [6.07, 6.45) is 2.44. The van der Waals surface area contributed by atoms with Gasteiger partial charge in [0.05, 0.1) is 24.9 Å². The molecule has 4 atom stereocenters. The van der Waals surface area contributed by atoms with Gasteiger partial charge in [-0.05, 0) is 65.4 Å². The van der Waals surface area contributed by atoms with Crippen molar-refractivity contribution in [3.8, 4) is 16.9 Å². The molecule has 11 heteroatoms. The van der Waals surface area contributed by atoms with E-state index in [2.05, 4.69) is 5.32 Å². The van der Waals surface area contributed by atoms with Crippen LogP contribution >= 0.6 is 0 Å². The van der Waals surface area contributed by atoms with Crippen LogP contribution in [0, 0.1) is 0 Å². The van der Waals surface area contributed by atoms with Gasteiger partial charge in [-0.25, -0.2) is 5.48 Å². The van der Waals surface area contributed by atoms with E-state index >= 15 is 0 Å². The molecule has 4 aromatic rings. The maximum atomic E-state index is 12.6. The number of carbonyl (C=O) groups is 2. The van der Waals surface area contributed by atoms with Crippen molar-refractivity contribution in [2.75, 3.05) is 20.1 Å². The molecule has 0 spiro atoms. The van der Waals surface area contributed by atoms with Crippen molar-refractivity contribution in [1.82, 2.24) is 15.7 Å². The number of hydroxylamine groups is 1. The molecule has 282 valence electrons. The minimum Gasteiger partial charge on any atom is -0.508 e. The zero-order chi connectivity index (χ0) is 37.6. The lowest BCUT2D eigenvalue weighted by atomic mass is 9.97. The first-order valence-electron chi connectivity index (χ1n) is 18.3. The Bertz CT molecular complexity index is 1750. The second-order valence-electron chi connectivity index (χ2n) is 13.7. The molecule has 4 aromatic carbocycles. The Labute approximate surface area is 311 Å². The molecule has 53 heavy (non-hydrogen) atoms. The number of benzene rings is 4. The SMILES string of the molecule is CN(CC1CC(c2ccc(CO)cc2)OC(c2ccc(-c3ccccc3CNC(=O)CCCCCCC(=O)NO)cc2)O1)CC(O)c1cccc(O)c1. The van der Waals surface area contributed by atoms with Gasteiger partial charge in [0.2, 0.25) is 11.8 Å². The number of amides is 2. The number of ether oxygens (including phenoxy) is 2. The Kier molecular flexibility index (Phi) is 14.9. The Morgan fingerprint density at radius 2 is 1.55 bits per heavy atom. The summed E-state index contributed by atoms with van der Waals surface area (Å²) in [7, 11) is 1.93. The zero-order valence-corrected chi connectivity index (χ0v) is 30.2. The van der Waals surface area contributed by atoms with E-state index in [4.69, 9.17) is 14.7 Å². The third-order valence-corrected chi connectivity index (χ3v) is 9.54. The van der Waals surface area contributed by atoms with Crippen LogP contribution in [0.3, 0.4) is 0 Å². The first-order chi connectivity index (χ1) is 25.7. The molecule has 0 aromatic heterocycles. The molecule has 0 radical (unpaired) electrons. The van der Waals surface area contributed by atoms with E-state index < -0.39 is 18.3 Å². The van der Waals surface area contributed by atoms with Crippen molar-refractivity contribution >= 4 is 11.8 Å². The number of nitrogens with one attached hydrogen (secondary N) is 2. The van der Waals surface area contributed by atoms with Gasteiger partial charge in [0.25, 0.3) is 0 Å². The van der Waals surface area contributed by atoms with E-state index in [1.54, 1.807) is 29.7 Å². The molecule has 1 aliphatic rings. The van der Waals surface area contributed by atoms with E-state index in [0.717, 1.165) is 52.6 Å². The van der Waals surface area contributed by atoms with Gasteiger partial charge in [-0.1, -0.05) is 97.8 Å². The standard InChI is InChI=1S/C42H51N3O8/c1-45(27-38(48)33-10-8-11-35(47)23-33)26-36-24-39(31-17-15-29(28-46)16-18-31)53-42(52-36)32-21-19-30(20-22-32)37-12-7-6-9-34(37)25-43-40(49)13-4-2-3-5-14-41(50)44-51/h6-12,15-23,36,38-39,42,46-48,51H,2-5,13-14,24-28H2,1H3,(H,43,49)(H,44,50). The van der Waals surface area contributed by atoms with Crippen LogP contribution in [0.4, 0.5) is 0 Å². The Balaban J connectivity index is 1.22.